The molecule has 1 aliphatic heterocycles. The van der Waals surface area contributed by atoms with Crippen molar-refractivity contribution in [3.05, 3.63) is 54.1 Å². The second kappa shape index (κ2) is 7.47. The molecule has 0 spiro atoms. The molecule has 27 heavy (non-hydrogen) atoms. The number of hydrogen-bond acceptors (Lipinski definition) is 2. The van der Waals surface area contributed by atoms with Crippen LogP contribution in [0.2, 0.25) is 0 Å². The number of hydrogen-bond donors (Lipinski definition) is 0. The van der Waals surface area contributed by atoms with Crippen molar-refractivity contribution in [3.8, 4) is 11.4 Å². The van der Waals surface area contributed by atoms with E-state index in [0.717, 1.165) is 24.4 Å². The van der Waals surface area contributed by atoms with Gasteiger partial charge in [-0.15, -0.1) is 0 Å². The Labute approximate surface area is 163 Å². The zero-order valence-corrected chi connectivity index (χ0v) is 16.9. The van der Waals surface area contributed by atoms with Gasteiger partial charge in [0.25, 0.3) is 0 Å². The van der Waals surface area contributed by atoms with E-state index in [9.17, 15) is 0 Å². The molecular weight excluding hydrogens is 330 g/mol. The molecule has 1 saturated heterocycles. The highest BCUT2D eigenvalue weighted by Gasteiger charge is 2.17. The molecule has 0 amide bonds. The molecule has 0 bridgehead atoms. The summed E-state index contributed by atoms with van der Waals surface area (Å²) in [7, 11) is 0. The average molecular weight is 362 g/mol. The zero-order chi connectivity index (χ0) is 18.9. The van der Waals surface area contributed by atoms with E-state index in [1.807, 2.05) is 0 Å². The molecule has 0 N–H and O–H groups in total. The van der Waals surface area contributed by atoms with Crippen LogP contribution in [0.25, 0.3) is 22.4 Å². The first-order valence-electron chi connectivity index (χ1n) is 10.3. The third-order valence-electron chi connectivity index (χ3n) is 5.75. The van der Waals surface area contributed by atoms with Crippen molar-refractivity contribution < 1.29 is 0 Å². The van der Waals surface area contributed by atoms with Gasteiger partial charge in [-0.1, -0.05) is 63.6 Å². The lowest BCUT2D eigenvalue weighted by molar-refractivity contribution is 0.222. The predicted molar refractivity (Wildman–Crippen MR) is 114 cm³/mol. The number of piperidine rings is 1. The molecule has 1 aromatic heterocycles. The Balaban J connectivity index is 1.67. The monoisotopic (exact) mass is 361 g/mol. The fourth-order valence-electron chi connectivity index (χ4n) is 4.07. The van der Waals surface area contributed by atoms with E-state index in [2.05, 4.69) is 78.8 Å². The van der Waals surface area contributed by atoms with Crippen molar-refractivity contribution in [3.63, 3.8) is 0 Å². The summed E-state index contributed by atoms with van der Waals surface area (Å²) in [4.78, 5) is 7.58. The SMILES string of the molecule is CC(C)(C)c1ccc(-c2nc3ccccc3n2CCN2CCCCC2)cc1. The van der Waals surface area contributed by atoms with Crippen LogP contribution in [0.1, 0.15) is 45.6 Å². The van der Waals surface area contributed by atoms with E-state index >= 15 is 0 Å². The summed E-state index contributed by atoms with van der Waals surface area (Å²) in [5.74, 6) is 1.09. The topological polar surface area (TPSA) is 21.1 Å². The van der Waals surface area contributed by atoms with Gasteiger partial charge in [0, 0.05) is 18.7 Å². The van der Waals surface area contributed by atoms with E-state index in [1.54, 1.807) is 0 Å². The van der Waals surface area contributed by atoms with Crippen molar-refractivity contribution in [1.82, 2.24) is 14.5 Å². The third-order valence-corrected chi connectivity index (χ3v) is 5.75. The number of likely N-dealkylation sites (tertiary alicyclic amines) is 1. The van der Waals surface area contributed by atoms with Crippen LogP contribution in [-0.2, 0) is 12.0 Å². The molecule has 1 fully saturated rings. The van der Waals surface area contributed by atoms with Crippen LogP contribution in [0, 0.1) is 0 Å². The minimum absolute atomic E-state index is 0.174. The Morgan fingerprint density at radius 2 is 1.56 bits per heavy atom. The lowest BCUT2D eigenvalue weighted by Crippen LogP contribution is -2.32. The lowest BCUT2D eigenvalue weighted by Gasteiger charge is -2.26. The molecule has 142 valence electrons. The normalized spacial score (nSPS) is 16.1. The van der Waals surface area contributed by atoms with Crippen LogP contribution in [0.4, 0.5) is 0 Å². The summed E-state index contributed by atoms with van der Waals surface area (Å²) in [5.41, 5.74) is 5.07. The third kappa shape index (κ3) is 3.93. The number of aromatic nitrogens is 2. The highest BCUT2D eigenvalue weighted by molar-refractivity contribution is 5.80. The van der Waals surface area contributed by atoms with E-state index in [1.165, 1.54) is 49.0 Å². The van der Waals surface area contributed by atoms with Gasteiger partial charge in [0.1, 0.15) is 5.82 Å². The minimum atomic E-state index is 0.174. The Hall–Kier alpha value is -2.13. The maximum absolute atomic E-state index is 4.98. The minimum Gasteiger partial charge on any atom is -0.323 e. The van der Waals surface area contributed by atoms with Gasteiger partial charge in [-0.2, -0.15) is 0 Å². The van der Waals surface area contributed by atoms with E-state index in [4.69, 9.17) is 4.98 Å². The van der Waals surface area contributed by atoms with Gasteiger partial charge in [0.2, 0.25) is 0 Å². The Morgan fingerprint density at radius 3 is 2.26 bits per heavy atom. The predicted octanol–water partition coefficient (Wildman–Crippen LogP) is 5.49. The van der Waals surface area contributed by atoms with Gasteiger partial charge in [0.05, 0.1) is 11.0 Å². The Bertz CT molecular complexity index is 894. The second-order valence-electron chi connectivity index (χ2n) is 8.81. The Morgan fingerprint density at radius 1 is 0.852 bits per heavy atom. The Kier molecular flexibility index (Phi) is 5.05. The van der Waals surface area contributed by atoms with E-state index < -0.39 is 0 Å². The fraction of sp³-hybridized carbons (Fsp3) is 0.458. The van der Waals surface area contributed by atoms with Crippen molar-refractivity contribution in [2.45, 2.75) is 52.0 Å². The van der Waals surface area contributed by atoms with Crippen molar-refractivity contribution in [2.24, 2.45) is 0 Å². The second-order valence-corrected chi connectivity index (χ2v) is 8.81. The first-order chi connectivity index (χ1) is 13.0. The van der Waals surface area contributed by atoms with Gasteiger partial charge in [-0.25, -0.2) is 4.98 Å². The molecule has 2 heterocycles. The van der Waals surface area contributed by atoms with Gasteiger partial charge >= 0.3 is 0 Å². The molecule has 1 aliphatic rings. The first kappa shape index (κ1) is 18.2. The smallest absolute Gasteiger partial charge is 0.141 e. The quantitative estimate of drug-likeness (QED) is 0.613. The molecule has 0 unspecified atom stereocenters. The summed E-state index contributed by atoms with van der Waals surface area (Å²) < 4.78 is 2.41. The van der Waals surface area contributed by atoms with Crippen LogP contribution < -0.4 is 0 Å². The molecule has 3 aromatic rings. The van der Waals surface area contributed by atoms with Gasteiger partial charge < -0.3 is 9.47 Å². The molecule has 0 saturated carbocycles. The maximum Gasteiger partial charge on any atom is 0.141 e. The zero-order valence-electron chi connectivity index (χ0n) is 16.9. The highest BCUT2D eigenvalue weighted by atomic mass is 15.2. The van der Waals surface area contributed by atoms with Gasteiger partial charge in [-0.05, 0) is 49.0 Å². The summed E-state index contributed by atoms with van der Waals surface area (Å²) in [6.45, 7) is 11.4. The fourth-order valence-corrected chi connectivity index (χ4v) is 4.07. The van der Waals surface area contributed by atoms with E-state index in [-0.39, 0.29) is 5.41 Å². The average Bonchev–Trinajstić information content (AvgIpc) is 3.05. The highest BCUT2D eigenvalue weighted by Crippen LogP contribution is 2.28. The summed E-state index contributed by atoms with van der Waals surface area (Å²) in [6.07, 6.45) is 4.06. The molecule has 0 aliphatic carbocycles. The van der Waals surface area contributed by atoms with Gasteiger partial charge in [-0.3, -0.25) is 0 Å². The van der Waals surface area contributed by atoms with Crippen molar-refractivity contribution >= 4 is 11.0 Å². The maximum atomic E-state index is 4.98. The van der Waals surface area contributed by atoms with E-state index in [0.29, 0.717) is 0 Å². The first-order valence-corrected chi connectivity index (χ1v) is 10.3. The summed E-state index contributed by atoms with van der Waals surface area (Å²) in [6, 6.07) is 17.5. The largest absolute Gasteiger partial charge is 0.323 e. The summed E-state index contributed by atoms with van der Waals surface area (Å²) >= 11 is 0. The summed E-state index contributed by atoms with van der Waals surface area (Å²) in [5, 5.41) is 0. The number of rotatable bonds is 4. The number of fused-ring (bicyclic) bond motifs is 1. The van der Waals surface area contributed by atoms with Gasteiger partial charge in [0.15, 0.2) is 0 Å². The molecule has 2 aromatic carbocycles. The number of imidazole rings is 1. The number of para-hydroxylation sites is 2. The van der Waals surface area contributed by atoms with Crippen LogP contribution in [0.15, 0.2) is 48.5 Å². The molecule has 4 rings (SSSR count). The molecule has 3 nitrogen and oxygen atoms in total. The van der Waals surface area contributed by atoms with Crippen molar-refractivity contribution in [2.75, 3.05) is 19.6 Å². The molecule has 0 radical (unpaired) electrons. The van der Waals surface area contributed by atoms with Crippen LogP contribution >= 0.6 is 0 Å². The van der Waals surface area contributed by atoms with Crippen LogP contribution in [0.3, 0.4) is 0 Å². The number of nitrogens with zero attached hydrogens (tertiary/aromatic N) is 3. The van der Waals surface area contributed by atoms with Crippen LogP contribution in [-0.4, -0.2) is 34.1 Å². The molecule has 3 heteroatoms. The lowest BCUT2D eigenvalue weighted by atomic mass is 9.87. The number of benzene rings is 2. The molecular formula is C24H31N3. The standard InChI is InChI=1S/C24H31N3/c1-24(2,3)20-13-11-19(12-14-20)23-25-21-9-5-6-10-22(21)27(23)18-17-26-15-7-4-8-16-26/h5-6,9-14H,4,7-8,15-18H2,1-3H3. The van der Waals surface area contributed by atoms with Crippen molar-refractivity contribution in [1.29, 1.82) is 0 Å². The molecule has 0 atom stereocenters. The van der Waals surface area contributed by atoms with Crippen LogP contribution in [0.5, 0.6) is 0 Å².